The fraction of sp³-hybridized carbons (Fsp3) is 0.533. The van der Waals surface area contributed by atoms with E-state index in [9.17, 15) is 4.79 Å². The molecule has 0 spiro atoms. The van der Waals surface area contributed by atoms with Gasteiger partial charge in [-0.15, -0.1) is 0 Å². The first-order chi connectivity index (χ1) is 9.27. The van der Waals surface area contributed by atoms with Crippen molar-refractivity contribution in [2.75, 3.05) is 25.0 Å². The van der Waals surface area contributed by atoms with Crippen LogP contribution in [0.15, 0.2) is 24.3 Å². The number of ether oxygens (including phenoxy) is 1. The number of nitrogens with zero attached hydrogens (tertiary/aromatic N) is 1. The highest BCUT2D eigenvalue weighted by atomic mass is 79.9. The molecule has 0 saturated carbocycles. The molecule has 1 heterocycles. The quantitative estimate of drug-likeness (QED) is 0.752. The molecule has 1 aliphatic rings. The van der Waals surface area contributed by atoms with Gasteiger partial charge in [0, 0.05) is 24.0 Å². The SMILES string of the molecule is CCCCN(CCBr)C(=O)C1COc2ccccc21. The number of carbonyl (C=O) groups excluding carboxylic acids is 1. The van der Waals surface area contributed by atoms with Crippen LogP contribution in [0.2, 0.25) is 0 Å². The van der Waals surface area contributed by atoms with Crippen LogP contribution in [0.3, 0.4) is 0 Å². The van der Waals surface area contributed by atoms with Gasteiger partial charge in [-0.3, -0.25) is 4.79 Å². The second kappa shape index (κ2) is 6.94. The van der Waals surface area contributed by atoms with Crippen LogP contribution in [-0.2, 0) is 4.79 Å². The van der Waals surface area contributed by atoms with E-state index in [0.717, 1.165) is 42.6 Å². The molecule has 1 aromatic rings. The summed E-state index contributed by atoms with van der Waals surface area (Å²) in [6, 6.07) is 7.84. The Morgan fingerprint density at radius 3 is 2.95 bits per heavy atom. The number of amides is 1. The van der Waals surface area contributed by atoms with E-state index in [1.807, 2.05) is 29.2 Å². The molecule has 0 fully saturated rings. The summed E-state index contributed by atoms with van der Waals surface area (Å²) in [6.45, 7) is 4.21. The third-order valence-corrected chi connectivity index (χ3v) is 3.80. The lowest BCUT2D eigenvalue weighted by Gasteiger charge is -2.24. The van der Waals surface area contributed by atoms with Gasteiger partial charge in [-0.25, -0.2) is 0 Å². The van der Waals surface area contributed by atoms with Crippen molar-refractivity contribution < 1.29 is 9.53 Å². The third kappa shape index (κ3) is 3.30. The number of fused-ring (bicyclic) bond motifs is 1. The van der Waals surface area contributed by atoms with E-state index in [1.165, 1.54) is 0 Å². The fourth-order valence-corrected chi connectivity index (χ4v) is 2.80. The lowest BCUT2D eigenvalue weighted by atomic mass is 9.99. The smallest absolute Gasteiger partial charge is 0.233 e. The fourth-order valence-electron chi connectivity index (χ4n) is 2.37. The molecule has 1 aliphatic heterocycles. The van der Waals surface area contributed by atoms with Gasteiger partial charge >= 0.3 is 0 Å². The average molecular weight is 326 g/mol. The number of carbonyl (C=O) groups is 1. The number of rotatable bonds is 6. The van der Waals surface area contributed by atoms with Gasteiger partial charge in [-0.1, -0.05) is 47.5 Å². The van der Waals surface area contributed by atoms with Crippen LogP contribution in [0.5, 0.6) is 5.75 Å². The molecule has 1 unspecified atom stereocenters. The number of unbranched alkanes of at least 4 members (excludes halogenated alkanes) is 1. The summed E-state index contributed by atoms with van der Waals surface area (Å²) in [5.74, 6) is 0.917. The van der Waals surface area contributed by atoms with Crippen molar-refractivity contribution in [2.24, 2.45) is 0 Å². The molecule has 1 amide bonds. The standard InChI is InChI=1S/C15H20BrNO2/c1-2-3-9-17(10-8-16)15(18)13-11-19-14-7-5-4-6-12(13)14/h4-7,13H,2-3,8-11H2,1H3. The molecular formula is C15H20BrNO2. The van der Waals surface area contributed by atoms with Crippen molar-refractivity contribution in [2.45, 2.75) is 25.7 Å². The summed E-state index contributed by atoms with van der Waals surface area (Å²) in [5, 5.41) is 0.817. The van der Waals surface area contributed by atoms with Crippen LogP contribution in [0.1, 0.15) is 31.2 Å². The van der Waals surface area contributed by atoms with E-state index in [1.54, 1.807) is 0 Å². The Balaban J connectivity index is 2.10. The van der Waals surface area contributed by atoms with E-state index in [4.69, 9.17) is 4.74 Å². The maximum absolute atomic E-state index is 12.6. The van der Waals surface area contributed by atoms with Crippen LogP contribution < -0.4 is 4.74 Å². The minimum absolute atomic E-state index is 0.132. The van der Waals surface area contributed by atoms with Crippen LogP contribution >= 0.6 is 15.9 Å². The van der Waals surface area contributed by atoms with Gasteiger partial charge in [0.2, 0.25) is 5.91 Å². The molecule has 2 rings (SSSR count). The average Bonchev–Trinajstić information content (AvgIpc) is 2.86. The Kier molecular flexibility index (Phi) is 5.25. The van der Waals surface area contributed by atoms with Crippen LogP contribution in [0, 0.1) is 0 Å². The first-order valence-corrected chi connectivity index (χ1v) is 7.96. The van der Waals surface area contributed by atoms with E-state index < -0.39 is 0 Å². The van der Waals surface area contributed by atoms with Crippen molar-refractivity contribution in [3.05, 3.63) is 29.8 Å². The van der Waals surface area contributed by atoms with Crippen molar-refractivity contribution in [1.82, 2.24) is 4.90 Å². The summed E-state index contributed by atoms with van der Waals surface area (Å²) < 4.78 is 5.61. The monoisotopic (exact) mass is 325 g/mol. The Labute approximate surface area is 123 Å². The zero-order chi connectivity index (χ0) is 13.7. The Morgan fingerprint density at radius 1 is 1.42 bits per heavy atom. The van der Waals surface area contributed by atoms with E-state index in [2.05, 4.69) is 22.9 Å². The summed E-state index contributed by atoms with van der Waals surface area (Å²) in [6.07, 6.45) is 2.15. The Hall–Kier alpha value is -1.03. The largest absolute Gasteiger partial charge is 0.492 e. The number of halogens is 1. The van der Waals surface area contributed by atoms with Gasteiger partial charge in [0.15, 0.2) is 0 Å². The minimum Gasteiger partial charge on any atom is -0.492 e. The molecule has 4 heteroatoms. The third-order valence-electron chi connectivity index (χ3n) is 3.45. The maximum Gasteiger partial charge on any atom is 0.233 e. The molecule has 0 radical (unpaired) electrons. The molecule has 104 valence electrons. The highest BCUT2D eigenvalue weighted by molar-refractivity contribution is 9.09. The minimum atomic E-state index is -0.132. The molecule has 0 bridgehead atoms. The number of benzene rings is 1. The number of para-hydroxylation sites is 1. The molecule has 0 N–H and O–H groups in total. The summed E-state index contributed by atoms with van der Waals surface area (Å²) >= 11 is 3.43. The van der Waals surface area contributed by atoms with Gasteiger partial charge in [0.25, 0.3) is 0 Å². The van der Waals surface area contributed by atoms with Gasteiger partial charge in [0.1, 0.15) is 18.3 Å². The maximum atomic E-state index is 12.6. The van der Waals surface area contributed by atoms with Crippen molar-refractivity contribution in [3.8, 4) is 5.75 Å². The zero-order valence-corrected chi connectivity index (χ0v) is 12.9. The first kappa shape index (κ1) is 14.4. The van der Waals surface area contributed by atoms with Crippen molar-refractivity contribution in [3.63, 3.8) is 0 Å². The van der Waals surface area contributed by atoms with E-state index in [-0.39, 0.29) is 11.8 Å². The molecule has 19 heavy (non-hydrogen) atoms. The molecular weight excluding hydrogens is 306 g/mol. The molecule has 1 aromatic carbocycles. The molecule has 3 nitrogen and oxygen atoms in total. The topological polar surface area (TPSA) is 29.5 Å². The number of alkyl halides is 1. The van der Waals surface area contributed by atoms with Crippen LogP contribution in [0.4, 0.5) is 0 Å². The van der Waals surface area contributed by atoms with Crippen LogP contribution in [-0.4, -0.2) is 35.8 Å². The molecule has 0 aliphatic carbocycles. The van der Waals surface area contributed by atoms with Gasteiger partial charge < -0.3 is 9.64 Å². The highest BCUT2D eigenvalue weighted by Crippen LogP contribution is 2.34. The lowest BCUT2D eigenvalue weighted by Crippen LogP contribution is -2.37. The number of hydrogen-bond acceptors (Lipinski definition) is 2. The summed E-state index contributed by atoms with van der Waals surface area (Å²) in [4.78, 5) is 14.6. The van der Waals surface area contributed by atoms with Crippen molar-refractivity contribution >= 4 is 21.8 Å². The second-order valence-corrected chi connectivity index (χ2v) is 5.56. The molecule has 0 saturated heterocycles. The Morgan fingerprint density at radius 2 is 2.21 bits per heavy atom. The van der Waals surface area contributed by atoms with Crippen LogP contribution in [0.25, 0.3) is 0 Å². The molecule has 0 aromatic heterocycles. The Bertz CT molecular complexity index is 436. The van der Waals surface area contributed by atoms with Gasteiger partial charge in [-0.2, -0.15) is 0 Å². The lowest BCUT2D eigenvalue weighted by molar-refractivity contribution is -0.132. The normalized spacial score (nSPS) is 16.8. The van der Waals surface area contributed by atoms with E-state index in [0.29, 0.717) is 6.61 Å². The van der Waals surface area contributed by atoms with Crippen molar-refractivity contribution in [1.29, 1.82) is 0 Å². The first-order valence-electron chi connectivity index (χ1n) is 6.84. The second-order valence-electron chi connectivity index (χ2n) is 4.77. The van der Waals surface area contributed by atoms with Gasteiger partial charge in [0.05, 0.1) is 0 Å². The zero-order valence-electron chi connectivity index (χ0n) is 11.3. The summed E-state index contributed by atoms with van der Waals surface area (Å²) in [5.41, 5.74) is 1.03. The molecule has 1 atom stereocenters. The summed E-state index contributed by atoms with van der Waals surface area (Å²) in [7, 11) is 0. The highest BCUT2D eigenvalue weighted by Gasteiger charge is 2.32. The predicted molar refractivity (Wildman–Crippen MR) is 80.0 cm³/mol. The van der Waals surface area contributed by atoms with Gasteiger partial charge in [-0.05, 0) is 12.5 Å². The predicted octanol–water partition coefficient (Wildman–Crippen LogP) is 3.19. The number of hydrogen-bond donors (Lipinski definition) is 0. The van der Waals surface area contributed by atoms with E-state index >= 15 is 0 Å².